The second-order valence-electron chi connectivity index (χ2n) is 12.8. The first kappa shape index (κ1) is 28.6. The van der Waals surface area contributed by atoms with Gasteiger partial charge in [0.15, 0.2) is 0 Å². The summed E-state index contributed by atoms with van der Waals surface area (Å²) in [6, 6.07) is 0. The maximum Gasteiger partial charge on any atom is 0.0839 e. The van der Waals surface area contributed by atoms with E-state index < -0.39 is 17.8 Å². The summed E-state index contributed by atoms with van der Waals surface area (Å²) >= 11 is 0. The average molecular weight is 489 g/mol. The van der Waals surface area contributed by atoms with Crippen molar-refractivity contribution in [3.63, 3.8) is 0 Å². The van der Waals surface area contributed by atoms with Gasteiger partial charge in [0, 0.05) is 12.5 Å². The van der Waals surface area contributed by atoms with Crippen LogP contribution in [0.15, 0.2) is 35.5 Å². The first-order valence-electron chi connectivity index (χ1n) is 14.3. The smallest absolute Gasteiger partial charge is 0.0839 e. The van der Waals surface area contributed by atoms with Crippen LogP contribution in [0, 0.1) is 29.1 Å². The van der Waals surface area contributed by atoms with E-state index in [2.05, 4.69) is 32.6 Å². The summed E-state index contributed by atoms with van der Waals surface area (Å²) in [5.41, 5.74) is 3.05. The van der Waals surface area contributed by atoms with E-state index in [1.54, 1.807) is 5.57 Å². The van der Waals surface area contributed by atoms with Crippen molar-refractivity contribution in [1.29, 1.82) is 0 Å². The highest BCUT2D eigenvalue weighted by molar-refractivity contribution is 5.39. The predicted octanol–water partition coefficient (Wildman–Crippen LogP) is 6.09. The van der Waals surface area contributed by atoms with E-state index in [-0.39, 0.29) is 12.5 Å². The van der Waals surface area contributed by atoms with Crippen molar-refractivity contribution in [1.82, 2.24) is 0 Å². The van der Waals surface area contributed by atoms with E-state index >= 15 is 0 Å². The number of aliphatic hydroxyl groups is 4. The van der Waals surface area contributed by atoms with Gasteiger partial charge < -0.3 is 20.4 Å². The molecule has 0 aromatic rings. The van der Waals surface area contributed by atoms with Crippen LogP contribution in [0.4, 0.5) is 0 Å². The predicted molar refractivity (Wildman–Crippen MR) is 144 cm³/mol. The molecule has 0 aromatic heterocycles. The van der Waals surface area contributed by atoms with Crippen LogP contribution in [0.5, 0.6) is 0 Å². The lowest BCUT2D eigenvalue weighted by Crippen LogP contribution is -2.38. The third-order valence-electron chi connectivity index (χ3n) is 9.72. The summed E-state index contributed by atoms with van der Waals surface area (Å²) in [6.45, 7) is 13.1. The van der Waals surface area contributed by atoms with Crippen LogP contribution in [0.25, 0.3) is 0 Å². The minimum atomic E-state index is -0.709. The zero-order chi connectivity index (χ0) is 25.8. The molecule has 7 atom stereocenters. The Labute approximate surface area is 214 Å². The van der Waals surface area contributed by atoms with Crippen LogP contribution < -0.4 is 0 Å². The molecule has 1 unspecified atom stereocenters. The van der Waals surface area contributed by atoms with Gasteiger partial charge in [-0.05, 0) is 106 Å². The second-order valence-corrected chi connectivity index (χ2v) is 12.8. The molecule has 0 bridgehead atoms. The average Bonchev–Trinajstić information content (AvgIpc) is 3.14. The van der Waals surface area contributed by atoms with Gasteiger partial charge >= 0.3 is 0 Å². The highest BCUT2D eigenvalue weighted by Crippen LogP contribution is 2.60. The normalized spacial score (nSPS) is 37.1. The molecule has 35 heavy (non-hydrogen) atoms. The van der Waals surface area contributed by atoms with Crippen molar-refractivity contribution < 1.29 is 20.4 Å². The van der Waals surface area contributed by atoms with Crippen LogP contribution in [-0.2, 0) is 0 Å². The monoisotopic (exact) mass is 488 g/mol. The molecule has 3 rings (SSSR count). The maximum atomic E-state index is 10.8. The molecule has 0 aliphatic heterocycles. The lowest BCUT2D eigenvalue weighted by molar-refractivity contribution is 0.0124. The molecule has 3 aliphatic carbocycles. The van der Waals surface area contributed by atoms with Crippen molar-refractivity contribution in [3.8, 4) is 0 Å². The van der Waals surface area contributed by atoms with Crippen molar-refractivity contribution in [2.45, 2.75) is 123 Å². The molecule has 4 heteroatoms. The number of rotatable bonds is 10. The molecule has 3 saturated carbocycles. The minimum Gasteiger partial charge on any atom is -0.396 e. The Morgan fingerprint density at radius 1 is 1.14 bits per heavy atom. The van der Waals surface area contributed by atoms with Crippen molar-refractivity contribution in [3.05, 3.63) is 35.5 Å². The van der Waals surface area contributed by atoms with Gasteiger partial charge in [0.2, 0.25) is 0 Å². The molecule has 0 saturated heterocycles. The highest BCUT2D eigenvalue weighted by atomic mass is 16.3. The van der Waals surface area contributed by atoms with Crippen molar-refractivity contribution in [2.75, 3.05) is 6.61 Å². The molecule has 0 heterocycles. The molecule has 0 radical (unpaired) electrons. The van der Waals surface area contributed by atoms with Crippen LogP contribution in [-0.4, -0.2) is 44.8 Å². The van der Waals surface area contributed by atoms with Crippen LogP contribution >= 0.6 is 0 Å². The lowest BCUT2D eigenvalue weighted by Gasteiger charge is -2.44. The fraction of sp³-hybridized carbons (Fsp3) is 0.806. The largest absolute Gasteiger partial charge is 0.396 e. The van der Waals surface area contributed by atoms with Gasteiger partial charge in [0.1, 0.15) is 0 Å². The Morgan fingerprint density at radius 2 is 1.89 bits per heavy atom. The van der Waals surface area contributed by atoms with Crippen molar-refractivity contribution >= 4 is 0 Å². The second kappa shape index (κ2) is 12.1. The Bertz CT molecular complexity index is 775. The first-order valence-corrected chi connectivity index (χ1v) is 14.3. The molecule has 4 N–H and O–H groups in total. The van der Waals surface area contributed by atoms with Gasteiger partial charge in [-0.2, -0.15) is 0 Å². The zero-order valence-corrected chi connectivity index (χ0v) is 22.8. The van der Waals surface area contributed by atoms with Gasteiger partial charge in [-0.3, -0.25) is 0 Å². The van der Waals surface area contributed by atoms with E-state index in [1.165, 1.54) is 32.1 Å². The topological polar surface area (TPSA) is 80.9 Å². The van der Waals surface area contributed by atoms with Crippen LogP contribution in [0.1, 0.15) is 105 Å². The van der Waals surface area contributed by atoms with Crippen LogP contribution in [0.2, 0.25) is 0 Å². The molecule has 3 aliphatic rings. The number of aliphatic hydroxyl groups excluding tert-OH is 3. The molecule has 0 aromatic carbocycles. The van der Waals surface area contributed by atoms with Gasteiger partial charge in [0.05, 0.1) is 17.8 Å². The van der Waals surface area contributed by atoms with E-state index in [1.807, 2.05) is 13.8 Å². The number of hydrogen-bond donors (Lipinski definition) is 4. The highest BCUT2D eigenvalue weighted by Gasteiger charge is 2.50. The standard InChI is InChI=1S/C31H52O4/c1-21(10-8-17-30(3,4)35)26-15-16-27-23(11-9-18-31(26,27)5)13-14-24-20-28(33)25(12-6-7-19-32)29(34)22(24)2/h13-14,21,25-29,32-35H,2,6-12,15-20H2,1,3-5H3/t21-,25-,26-,27?,28-,29-,31-/m1/s1. The lowest BCUT2D eigenvalue weighted by atomic mass is 9.60. The number of allylic oxidation sites excluding steroid dienone is 3. The minimum absolute atomic E-state index is 0.152. The SMILES string of the molecule is C=C1C(=CC=C2CCC[C@@]3(C)C2CC[C@@H]3[C@H](C)CCCC(C)(C)O)C[C@@H](O)[C@@H](CCCCO)[C@@H]1O. The molecule has 3 fully saturated rings. The maximum absolute atomic E-state index is 10.8. The van der Waals surface area contributed by atoms with Gasteiger partial charge in [-0.25, -0.2) is 0 Å². The molecular weight excluding hydrogens is 436 g/mol. The third kappa shape index (κ3) is 6.89. The number of fused-ring (bicyclic) bond motifs is 1. The summed E-state index contributed by atoms with van der Waals surface area (Å²) in [7, 11) is 0. The molecule has 0 amide bonds. The zero-order valence-electron chi connectivity index (χ0n) is 22.8. The summed E-state index contributed by atoms with van der Waals surface area (Å²) in [5, 5.41) is 40.7. The van der Waals surface area contributed by atoms with Gasteiger partial charge in [-0.1, -0.05) is 57.4 Å². The van der Waals surface area contributed by atoms with E-state index in [4.69, 9.17) is 5.11 Å². The molecular formula is C31H52O4. The summed E-state index contributed by atoms with van der Waals surface area (Å²) < 4.78 is 0. The van der Waals surface area contributed by atoms with E-state index in [9.17, 15) is 15.3 Å². The Balaban J connectivity index is 1.67. The van der Waals surface area contributed by atoms with Gasteiger partial charge in [0.25, 0.3) is 0 Å². The fourth-order valence-electron chi connectivity index (χ4n) is 7.66. The third-order valence-corrected chi connectivity index (χ3v) is 9.72. The quantitative estimate of drug-likeness (QED) is 0.280. The summed E-state index contributed by atoms with van der Waals surface area (Å²) in [5.74, 6) is 1.84. The van der Waals surface area contributed by atoms with E-state index in [0.29, 0.717) is 36.5 Å². The number of unbranched alkanes of at least 4 members (excludes halogenated alkanes) is 1. The number of hydrogen-bond acceptors (Lipinski definition) is 4. The Morgan fingerprint density at radius 3 is 2.57 bits per heavy atom. The molecule has 200 valence electrons. The first-order chi connectivity index (χ1) is 16.5. The van der Waals surface area contributed by atoms with Crippen molar-refractivity contribution in [2.24, 2.45) is 29.1 Å². The Kier molecular flexibility index (Phi) is 9.87. The Hall–Kier alpha value is -0.940. The summed E-state index contributed by atoms with van der Waals surface area (Å²) in [4.78, 5) is 0. The molecule has 4 nitrogen and oxygen atoms in total. The fourth-order valence-corrected chi connectivity index (χ4v) is 7.66. The van der Waals surface area contributed by atoms with Gasteiger partial charge in [-0.15, -0.1) is 0 Å². The molecule has 0 spiro atoms. The van der Waals surface area contributed by atoms with E-state index in [0.717, 1.165) is 42.7 Å². The van der Waals surface area contributed by atoms with Crippen LogP contribution in [0.3, 0.4) is 0 Å². The summed E-state index contributed by atoms with van der Waals surface area (Å²) in [6.07, 6.45) is 15.3.